The van der Waals surface area contributed by atoms with Gasteiger partial charge in [0.05, 0.1) is 18.8 Å². The number of aromatic nitrogens is 3. The number of amides is 1. The van der Waals surface area contributed by atoms with Gasteiger partial charge in [0, 0.05) is 19.7 Å². The molecule has 2 aliphatic rings. The van der Waals surface area contributed by atoms with Crippen molar-refractivity contribution in [3.8, 4) is 0 Å². The molecule has 3 unspecified atom stereocenters. The van der Waals surface area contributed by atoms with Crippen LogP contribution in [-0.2, 0) is 14.3 Å². The van der Waals surface area contributed by atoms with E-state index in [4.69, 9.17) is 9.47 Å². The number of carbonyl (C=O) groups excluding carboxylic acids is 1. The summed E-state index contributed by atoms with van der Waals surface area (Å²) >= 11 is 0. The van der Waals surface area contributed by atoms with Gasteiger partial charge in [-0.05, 0) is 39.0 Å². The minimum atomic E-state index is -0.421. The van der Waals surface area contributed by atoms with E-state index in [1.54, 1.807) is 6.33 Å². The summed E-state index contributed by atoms with van der Waals surface area (Å²) in [5.74, 6) is 0.0608. The highest BCUT2D eigenvalue weighted by atomic mass is 16.5. The van der Waals surface area contributed by atoms with E-state index < -0.39 is 6.10 Å². The number of hydrogen-bond acceptors (Lipinski definition) is 5. The van der Waals surface area contributed by atoms with Crippen LogP contribution in [0.1, 0.15) is 45.1 Å². The molecule has 0 aromatic carbocycles. The van der Waals surface area contributed by atoms with Crippen molar-refractivity contribution in [2.75, 3.05) is 26.3 Å². The topological polar surface area (TPSA) is 69.5 Å². The Morgan fingerprint density at radius 2 is 2.30 bits per heavy atom. The Bertz CT molecular complexity index is 488. The third-order valence-corrected chi connectivity index (χ3v) is 4.67. The second kappa shape index (κ2) is 7.88. The zero-order chi connectivity index (χ0) is 16.1. The van der Waals surface area contributed by atoms with Gasteiger partial charge in [-0.15, -0.1) is 0 Å². The molecule has 0 bridgehead atoms. The summed E-state index contributed by atoms with van der Waals surface area (Å²) in [5, 5.41) is 4.20. The maximum Gasteiger partial charge on any atom is 0.251 e. The molecular formula is C16H26N4O3. The second-order valence-electron chi connectivity index (χ2n) is 6.42. The smallest absolute Gasteiger partial charge is 0.251 e. The molecule has 7 heteroatoms. The number of carbonyl (C=O) groups is 1. The lowest BCUT2D eigenvalue weighted by Crippen LogP contribution is -2.46. The van der Waals surface area contributed by atoms with Gasteiger partial charge >= 0.3 is 0 Å². The molecule has 0 radical (unpaired) electrons. The van der Waals surface area contributed by atoms with Crippen molar-refractivity contribution in [3.05, 3.63) is 12.7 Å². The van der Waals surface area contributed by atoms with E-state index in [1.807, 2.05) is 16.5 Å². The van der Waals surface area contributed by atoms with Crippen molar-refractivity contribution >= 4 is 5.91 Å². The van der Waals surface area contributed by atoms with Crippen LogP contribution in [-0.4, -0.2) is 64.1 Å². The maximum absolute atomic E-state index is 12.6. The average Bonchev–Trinajstić information content (AvgIpc) is 3.15. The first kappa shape index (κ1) is 16.4. The molecule has 3 heterocycles. The average molecular weight is 322 g/mol. The Hall–Kier alpha value is -1.47. The van der Waals surface area contributed by atoms with E-state index in [2.05, 4.69) is 10.1 Å². The van der Waals surface area contributed by atoms with Gasteiger partial charge in [-0.2, -0.15) is 5.10 Å². The van der Waals surface area contributed by atoms with Crippen LogP contribution in [0.25, 0.3) is 0 Å². The number of rotatable bonds is 5. The molecule has 23 heavy (non-hydrogen) atoms. The fourth-order valence-corrected chi connectivity index (χ4v) is 3.30. The van der Waals surface area contributed by atoms with E-state index in [-0.39, 0.29) is 18.1 Å². The van der Waals surface area contributed by atoms with Crippen LogP contribution >= 0.6 is 0 Å². The summed E-state index contributed by atoms with van der Waals surface area (Å²) in [7, 11) is 0. The number of nitrogens with zero attached hydrogens (tertiary/aromatic N) is 4. The van der Waals surface area contributed by atoms with Gasteiger partial charge in [0.2, 0.25) is 0 Å². The number of hydrogen-bond donors (Lipinski definition) is 0. The molecule has 0 N–H and O–H groups in total. The Kier molecular flexibility index (Phi) is 5.61. The molecule has 2 aliphatic heterocycles. The van der Waals surface area contributed by atoms with Crippen LogP contribution in [0.5, 0.6) is 0 Å². The second-order valence-corrected chi connectivity index (χ2v) is 6.42. The lowest BCUT2D eigenvalue weighted by Gasteiger charge is -2.34. The lowest BCUT2D eigenvalue weighted by atomic mass is 10.1. The first-order valence-electron chi connectivity index (χ1n) is 8.60. The van der Waals surface area contributed by atoms with Gasteiger partial charge in [0.15, 0.2) is 0 Å². The summed E-state index contributed by atoms with van der Waals surface area (Å²) in [6, 6.07) is 0.212. The van der Waals surface area contributed by atoms with Crippen LogP contribution in [0, 0.1) is 0 Å². The van der Waals surface area contributed by atoms with Crippen molar-refractivity contribution in [2.45, 2.75) is 57.3 Å². The Balaban J connectivity index is 1.48. The Morgan fingerprint density at radius 1 is 1.39 bits per heavy atom. The van der Waals surface area contributed by atoms with E-state index in [1.165, 1.54) is 12.7 Å². The lowest BCUT2D eigenvalue weighted by molar-refractivity contribution is -0.147. The summed E-state index contributed by atoms with van der Waals surface area (Å²) in [4.78, 5) is 18.5. The van der Waals surface area contributed by atoms with Gasteiger partial charge < -0.3 is 14.4 Å². The van der Waals surface area contributed by atoms with Crippen LogP contribution in [0.15, 0.2) is 12.7 Å². The third-order valence-electron chi connectivity index (χ3n) is 4.67. The van der Waals surface area contributed by atoms with Crippen molar-refractivity contribution in [1.29, 1.82) is 0 Å². The van der Waals surface area contributed by atoms with Gasteiger partial charge in [0.25, 0.3) is 5.91 Å². The molecule has 2 fully saturated rings. The van der Waals surface area contributed by atoms with Crippen LogP contribution < -0.4 is 0 Å². The highest BCUT2D eigenvalue weighted by Crippen LogP contribution is 2.21. The van der Waals surface area contributed by atoms with Crippen molar-refractivity contribution < 1.29 is 14.3 Å². The number of ether oxygens (including phenoxy) is 2. The quantitative estimate of drug-likeness (QED) is 0.820. The standard InChI is InChI=1S/C16H26N4O3/c1-13(23-10-15-6-2-3-8-22-15)16(21)19-7-4-5-14(9-19)20-12-17-11-18-20/h11-15H,2-10H2,1H3. The van der Waals surface area contributed by atoms with Crippen molar-refractivity contribution in [1.82, 2.24) is 19.7 Å². The van der Waals surface area contributed by atoms with Crippen molar-refractivity contribution in [2.24, 2.45) is 0 Å². The molecule has 7 nitrogen and oxygen atoms in total. The molecule has 0 aliphatic carbocycles. The molecule has 3 atom stereocenters. The first-order valence-corrected chi connectivity index (χ1v) is 8.60. The van der Waals surface area contributed by atoms with E-state index in [0.717, 1.165) is 38.8 Å². The fraction of sp³-hybridized carbons (Fsp3) is 0.812. The summed E-state index contributed by atoms with van der Waals surface area (Å²) in [6.07, 6.45) is 8.32. The number of piperidine rings is 1. The van der Waals surface area contributed by atoms with Crippen LogP contribution in [0.4, 0.5) is 0 Å². The minimum Gasteiger partial charge on any atom is -0.376 e. The van der Waals surface area contributed by atoms with Gasteiger partial charge in [-0.25, -0.2) is 9.67 Å². The third kappa shape index (κ3) is 4.29. The number of likely N-dealkylation sites (tertiary alicyclic amines) is 1. The molecule has 0 spiro atoms. The largest absolute Gasteiger partial charge is 0.376 e. The molecular weight excluding hydrogens is 296 g/mol. The molecule has 1 aromatic heterocycles. The van der Waals surface area contributed by atoms with Crippen LogP contribution in [0.2, 0.25) is 0 Å². The van der Waals surface area contributed by atoms with E-state index in [0.29, 0.717) is 13.2 Å². The highest BCUT2D eigenvalue weighted by Gasteiger charge is 2.29. The molecule has 2 saturated heterocycles. The predicted octanol–water partition coefficient (Wildman–Crippen LogP) is 1.42. The van der Waals surface area contributed by atoms with E-state index >= 15 is 0 Å². The molecule has 1 amide bonds. The normalized spacial score (nSPS) is 26.9. The van der Waals surface area contributed by atoms with Crippen LogP contribution in [0.3, 0.4) is 0 Å². The van der Waals surface area contributed by atoms with E-state index in [9.17, 15) is 4.79 Å². The zero-order valence-electron chi connectivity index (χ0n) is 13.8. The minimum absolute atomic E-state index is 0.0608. The monoisotopic (exact) mass is 322 g/mol. The summed E-state index contributed by atoms with van der Waals surface area (Å²) < 4.78 is 13.3. The summed E-state index contributed by atoms with van der Waals surface area (Å²) in [6.45, 7) is 4.62. The van der Waals surface area contributed by atoms with Crippen molar-refractivity contribution in [3.63, 3.8) is 0 Å². The maximum atomic E-state index is 12.6. The van der Waals surface area contributed by atoms with Gasteiger partial charge in [-0.1, -0.05) is 0 Å². The first-order chi connectivity index (χ1) is 11.2. The van der Waals surface area contributed by atoms with Gasteiger partial charge in [-0.3, -0.25) is 4.79 Å². The molecule has 0 saturated carbocycles. The Labute approximate surface area is 137 Å². The zero-order valence-corrected chi connectivity index (χ0v) is 13.8. The SMILES string of the molecule is CC(OCC1CCCCO1)C(=O)N1CCCC(n2cncn2)C1. The fourth-order valence-electron chi connectivity index (χ4n) is 3.30. The molecule has 128 valence electrons. The predicted molar refractivity (Wildman–Crippen MR) is 83.9 cm³/mol. The highest BCUT2D eigenvalue weighted by molar-refractivity contribution is 5.80. The summed E-state index contributed by atoms with van der Waals surface area (Å²) in [5.41, 5.74) is 0. The molecule has 3 rings (SSSR count). The molecule has 1 aromatic rings. The Morgan fingerprint density at radius 3 is 3.04 bits per heavy atom. The van der Waals surface area contributed by atoms with Gasteiger partial charge in [0.1, 0.15) is 18.8 Å².